The number of esters is 1. The Balaban J connectivity index is 2.02. The predicted octanol–water partition coefficient (Wildman–Crippen LogP) is 3.73. The molecule has 126 valence electrons. The average molecular weight is 395 g/mol. The topological polar surface area (TPSA) is 67.4 Å². The zero-order valence-electron chi connectivity index (χ0n) is 13.2. The minimum atomic E-state index is -0.576. The summed E-state index contributed by atoms with van der Waals surface area (Å²) in [4.78, 5) is 23.5. The average Bonchev–Trinajstić information content (AvgIpc) is 2.56. The van der Waals surface area contributed by atoms with E-state index >= 15 is 0 Å². The van der Waals surface area contributed by atoms with Crippen molar-refractivity contribution in [3.63, 3.8) is 0 Å². The molecule has 0 radical (unpaired) electrons. The first-order valence-electron chi connectivity index (χ1n) is 7.08. The zero-order valence-corrected chi connectivity index (χ0v) is 14.7. The number of methoxy groups -OCH3 is 1. The molecule has 2 N–H and O–H groups in total. The minimum absolute atomic E-state index is 0.0561. The fourth-order valence-corrected chi connectivity index (χ4v) is 2.52. The summed E-state index contributed by atoms with van der Waals surface area (Å²) in [5, 5.41) is 5.42. The van der Waals surface area contributed by atoms with Crippen LogP contribution >= 0.6 is 15.9 Å². The van der Waals surface area contributed by atoms with Crippen LogP contribution in [-0.4, -0.2) is 25.5 Å². The first kappa shape index (κ1) is 17.9. The number of anilines is 2. The number of halogens is 2. The first-order valence-corrected chi connectivity index (χ1v) is 7.87. The number of amides is 1. The van der Waals surface area contributed by atoms with Crippen LogP contribution in [0.25, 0.3) is 0 Å². The second kappa shape index (κ2) is 7.92. The Morgan fingerprint density at radius 2 is 1.92 bits per heavy atom. The van der Waals surface area contributed by atoms with E-state index < -0.39 is 11.8 Å². The van der Waals surface area contributed by atoms with Gasteiger partial charge in [-0.05, 0) is 48.9 Å². The van der Waals surface area contributed by atoms with E-state index in [4.69, 9.17) is 0 Å². The SMILES string of the molecule is COC(=O)c1ccc(F)c(NCC(=O)Nc2ccc(Br)cc2C)c1. The Morgan fingerprint density at radius 3 is 2.58 bits per heavy atom. The molecule has 0 atom stereocenters. The molecular weight excluding hydrogens is 379 g/mol. The van der Waals surface area contributed by atoms with Gasteiger partial charge >= 0.3 is 5.97 Å². The highest BCUT2D eigenvalue weighted by atomic mass is 79.9. The molecule has 0 spiro atoms. The third-order valence-electron chi connectivity index (χ3n) is 3.29. The van der Waals surface area contributed by atoms with Crippen molar-refractivity contribution in [2.75, 3.05) is 24.3 Å². The Kier molecular flexibility index (Phi) is 5.92. The van der Waals surface area contributed by atoms with E-state index in [1.807, 2.05) is 19.1 Å². The molecule has 24 heavy (non-hydrogen) atoms. The summed E-state index contributed by atoms with van der Waals surface area (Å²) in [6, 6.07) is 9.23. The summed E-state index contributed by atoms with van der Waals surface area (Å²) in [5.74, 6) is -1.47. The van der Waals surface area contributed by atoms with Crippen molar-refractivity contribution in [1.82, 2.24) is 0 Å². The van der Waals surface area contributed by atoms with Gasteiger partial charge in [-0.3, -0.25) is 4.79 Å². The fraction of sp³-hybridized carbons (Fsp3) is 0.176. The standard InChI is InChI=1S/C17H16BrFN2O3/c1-10-7-12(18)4-6-14(10)21-16(22)9-20-15-8-11(17(23)24-2)3-5-13(15)19/h3-8,20H,9H2,1-2H3,(H,21,22). The highest BCUT2D eigenvalue weighted by molar-refractivity contribution is 9.10. The molecule has 2 aromatic rings. The zero-order chi connectivity index (χ0) is 17.7. The number of benzene rings is 2. The second-order valence-electron chi connectivity index (χ2n) is 5.05. The van der Waals surface area contributed by atoms with E-state index in [0.717, 1.165) is 16.1 Å². The number of carbonyl (C=O) groups is 2. The molecule has 0 unspecified atom stereocenters. The number of hydrogen-bond acceptors (Lipinski definition) is 4. The Hall–Kier alpha value is -2.41. The Morgan fingerprint density at radius 1 is 1.17 bits per heavy atom. The van der Waals surface area contributed by atoms with Crippen LogP contribution in [0.15, 0.2) is 40.9 Å². The van der Waals surface area contributed by atoms with Gasteiger partial charge in [-0.15, -0.1) is 0 Å². The third kappa shape index (κ3) is 4.55. The number of nitrogens with one attached hydrogen (secondary N) is 2. The molecule has 0 fully saturated rings. The highest BCUT2D eigenvalue weighted by Crippen LogP contribution is 2.20. The number of carbonyl (C=O) groups excluding carboxylic acids is 2. The van der Waals surface area contributed by atoms with Gasteiger partial charge in [0.25, 0.3) is 0 Å². The highest BCUT2D eigenvalue weighted by Gasteiger charge is 2.11. The van der Waals surface area contributed by atoms with Crippen molar-refractivity contribution in [3.05, 3.63) is 57.8 Å². The van der Waals surface area contributed by atoms with Gasteiger partial charge in [-0.2, -0.15) is 0 Å². The molecule has 0 aliphatic heterocycles. The van der Waals surface area contributed by atoms with Gasteiger partial charge in [0.05, 0.1) is 24.9 Å². The second-order valence-corrected chi connectivity index (χ2v) is 5.96. The summed E-state index contributed by atoms with van der Waals surface area (Å²) >= 11 is 3.35. The van der Waals surface area contributed by atoms with E-state index in [2.05, 4.69) is 31.3 Å². The lowest BCUT2D eigenvalue weighted by molar-refractivity contribution is -0.114. The lowest BCUT2D eigenvalue weighted by Gasteiger charge is -2.11. The van der Waals surface area contributed by atoms with Gasteiger partial charge in [0.2, 0.25) is 5.91 Å². The van der Waals surface area contributed by atoms with Gasteiger partial charge in [-0.1, -0.05) is 15.9 Å². The van der Waals surface area contributed by atoms with Crippen molar-refractivity contribution in [3.8, 4) is 0 Å². The molecule has 0 saturated heterocycles. The maximum absolute atomic E-state index is 13.8. The molecule has 0 aromatic heterocycles. The summed E-state index contributed by atoms with van der Waals surface area (Å²) in [6.07, 6.45) is 0. The monoisotopic (exact) mass is 394 g/mol. The van der Waals surface area contributed by atoms with E-state index in [-0.39, 0.29) is 23.7 Å². The quantitative estimate of drug-likeness (QED) is 0.758. The molecular formula is C17H16BrFN2O3. The van der Waals surface area contributed by atoms with Crippen molar-refractivity contribution in [2.24, 2.45) is 0 Å². The molecule has 0 saturated carbocycles. The van der Waals surface area contributed by atoms with E-state index in [9.17, 15) is 14.0 Å². The summed E-state index contributed by atoms with van der Waals surface area (Å²) < 4.78 is 19.3. The normalized spacial score (nSPS) is 10.2. The summed E-state index contributed by atoms with van der Waals surface area (Å²) in [6.45, 7) is 1.73. The largest absolute Gasteiger partial charge is 0.465 e. The molecule has 0 aliphatic carbocycles. The lowest BCUT2D eigenvalue weighted by Crippen LogP contribution is -2.22. The van der Waals surface area contributed by atoms with Crippen LogP contribution in [0, 0.1) is 12.7 Å². The smallest absolute Gasteiger partial charge is 0.337 e. The van der Waals surface area contributed by atoms with Crippen LogP contribution in [0.3, 0.4) is 0 Å². The van der Waals surface area contributed by atoms with Crippen LogP contribution in [0.5, 0.6) is 0 Å². The minimum Gasteiger partial charge on any atom is -0.465 e. The molecule has 2 aromatic carbocycles. The molecule has 0 heterocycles. The van der Waals surface area contributed by atoms with Gasteiger partial charge < -0.3 is 15.4 Å². The number of ether oxygens (including phenoxy) is 1. The van der Waals surface area contributed by atoms with E-state index in [0.29, 0.717) is 5.69 Å². The Labute approximate surface area is 147 Å². The van der Waals surface area contributed by atoms with Crippen LogP contribution in [0.4, 0.5) is 15.8 Å². The van der Waals surface area contributed by atoms with Crippen LogP contribution < -0.4 is 10.6 Å². The molecule has 2 rings (SSSR count). The van der Waals surface area contributed by atoms with Gasteiger partial charge in [0, 0.05) is 10.2 Å². The maximum Gasteiger partial charge on any atom is 0.337 e. The Bertz CT molecular complexity index is 780. The van der Waals surface area contributed by atoms with E-state index in [1.165, 1.54) is 19.2 Å². The molecule has 0 bridgehead atoms. The van der Waals surface area contributed by atoms with Gasteiger partial charge in [-0.25, -0.2) is 9.18 Å². The first-order chi connectivity index (χ1) is 11.4. The molecule has 5 nitrogen and oxygen atoms in total. The van der Waals surface area contributed by atoms with Crippen molar-refractivity contribution < 1.29 is 18.7 Å². The lowest BCUT2D eigenvalue weighted by atomic mass is 10.2. The maximum atomic E-state index is 13.8. The fourth-order valence-electron chi connectivity index (χ4n) is 2.04. The molecule has 1 amide bonds. The van der Waals surface area contributed by atoms with Crippen molar-refractivity contribution in [1.29, 1.82) is 0 Å². The van der Waals surface area contributed by atoms with Crippen LogP contribution in [0.1, 0.15) is 15.9 Å². The third-order valence-corrected chi connectivity index (χ3v) is 3.78. The number of rotatable bonds is 5. The van der Waals surface area contributed by atoms with Crippen LogP contribution in [-0.2, 0) is 9.53 Å². The summed E-state index contributed by atoms with van der Waals surface area (Å²) in [5.41, 5.74) is 1.83. The van der Waals surface area contributed by atoms with Crippen molar-refractivity contribution in [2.45, 2.75) is 6.92 Å². The molecule has 7 heteroatoms. The van der Waals surface area contributed by atoms with E-state index in [1.54, 1.807) is 6.07 Å². The number of aryl methyl sites for hydroxylation is 1. The van der Waals surface area contributed by atoms with Gasteiger partial charge in [0.15, 0.2) is 0 Å². The summed E-state index contributed by atoms with van der Waals surface area (Å²) in [7, 11) is 1.24. The number of hydrogen-bond donors (Lipinski definition) is 2. The predicted molar refractivity (Wildman–Crippen MR) is 93.7 cm³/mol. The molecule has 0 aliphatic rings. The van der Waals surface area contributed by atoms with Gasteiger partial charge in [0.1, 0.15) is 5.82 Å². The van der Waals surface area contributed by atoms with Crippen LogP contribution in [0.2, 0.25) is 0 Å². The van der Waals surface area contributed by atoms with Crippen molar-refractivity contribution >= 4 is 39.2 Å².